The molecule has 3 heterocycles. The Balaban J connectivity index is 2.22. The minimum absolute atomic E-state index is 0.107. The fourth-order valence-electron chi connectivity index (χ4n) is 3.24. The number of aromatic hydroxyl groups is 1. The Morgan fingerprint density at radius 1 is 1.20 bits per heavy atom. The number of rotatable bonds is 2. The predicted octanol–water partition coefficient (Wildman–Crippen LogP) is 1.17. The molecule has 4 aromatic rings. The molecule has 0 atom stereocenters. The highest BCUT2D eigenvalue weighted by atomic mass is 16.3. The minimum Gasteiger partial charge on any atom is -0.506 e. The van der Waals surface area contributed by atoms with Gasteiger partial charge in [-0.25, -0.2) is 4.79 Å². The van der Waals surface area contributed by atoms with Crippen LogP contribution in [0.5, 0.6) is 5.75 Å². The van der Waals surface area contributed by atoms with Crippen LogP contribution in [0.3, 0.4) is 0 Å². The Bertz CT molecular complexity index is 1260. The number of para-hydroxylation sites is 2. The molecule has 0 saturated heterocycles. The van der Waals surface area contributed by atoms with Gasteiger partial charge in [0.2, 0.25) is 5.78 Å². The zero-order valence-corrected chi connectivity index (χ0v) is 14.1. The molecule has 0 bridgehead atoms. The smallest absolute Gasteiger partial charge is 0.332 e. The molecule has 0 fully saturated rings. The van der Waals surface area contributed by atoms with E-state index in [-0.39, 0.29) is 17.9 Å². The van der Waals surface area contributed by atoms with Gasteiger partial charge in [-0.2, -0.15) is 4.98 Å². The zero-order valence-electron chi connectivity index (χ0n) is 14.1. The van der Waals surface area contributed by atoms with Crippen molar-refractivity contribution in [2.45, 2.75) is 20.4 Å². The van der Waals surface area contributed by atoms with Crippen LogP contribution < -0.4 is 11.2 Å². The molecule has 0 radical (unpaired) electrons. The number of hydrogen-bond donors (Lipinski definition) is 1. The van der Waals surface area contributed by atoms with Crippen molar-refractivity contribution in [3.63, 3.8) is 0 Å². The Hall–Kier alpha value is -3.29. The minimum atomic E-state index is -0.397. The fourth-order valence-corrected chi connectivity index (χ4v) is 3.24. The van der Waals surface area contributed by atoms with Crippen LogP contribution in [0.4, 0.5) is 0 Å². The van der Waals surface area contributed by atoms with Crippen molar-refractivity contribution in [1.29, 1.82) is 0 Å². The molecule has 0 amide bonds. The van der Waals surface area contributed by atoms with E-state index in [4.69, 9.17) is 0 Å². The average Bonchev–Trinajstić information content (AvgIpc) is 3.09. The molecule has 4 rings (SSSR count). The van der Waals surface area contributed by atoms with Gasteiger partial charge < -0.3 is 5.11 Å². The van der Waals surface area contributed by atoms with Gasteiger partial charge in [-0.3, -0.25) is 22.9 Å². The summed E-state index contributed by atoms with van der Waals surface area (Å²) in [6.07, 6.45) is 1.78. The third-order valence-electron chi connectivity index (χ3n) is 4.46. The van der Waals surface area contributed by atoms with Gasteiger partial charge in [-0.05, 0) is 26.0 Å². The number of phenols is 1. The topological polar surface area (TPSA) is 86.5 Å². The molecule has 25 heavy (non-hydrogen) atoms. The Morgan fingerprint density at radius 3 is 2.60 bits per heavy atom. The summed E-state index contributed by atoms with van der Waals surface area (Å²) in [5.74, 6) is 0.575. The number of imidazole rings is 2. The molecule has 3 aromatic heterocycles. The first kappa shape index (κ1) is 15.3. The second-order valence-corrected chi connectivity index (χ2v) is 5.94. The number of nitrogens with zero attached hydrogens (tertiary/aromatic N) is 5. The monoisotopic (exact) mass is 339 g/mol. The van der Waals surface area contributed by atoms with E-state index < -0.39 is 5.69 Å². The molecule has 0 aliphatic rings. The van der Waals surface area contributed by atoms with E-state index in [0.29, 0.717) is 22.6 Å². The van der Waals surface area contributed by atoms with Crippen LogP contribution in [0.25, 0.3) is 22.6 Å². The van der Waals surface area contributed by atoms with Crippen molar-refractivity contribution in [3.05, 3.63) is 57.0 Å². The lowest BCUT2D eigenvalue weighted by Crippen LogP contribution is -2.38. The Labute approximate surface area is 141 Å². The highest BCUT2D eigenvalue weighted by Crippen LogP contribution is 2.26. The van der Waals surface area contributed by atoms with Crippen LogP contribution in [0.2, 0.25) is 0 Å². The number of benzene rings is 1. The molecule has 0 spiro atoms. The summed E-state index contributed by atoms with van der Waals surface area (Å²) in [5, 5.41) is 10.2. The van der Waals surface area contributed by atoms with Gasteiger partial charge in [0, 0.05) is 25.5 Å². The summed E-state index contributed by atoms with van der Waals surface area (Å²) < 4.78 is 5.99. The third kappa shape index (κ3) is 1.90. The average molecular weight is 339 g/mol. The van der Waals surface area contributed by atoms with Gasteiger partial charge in [0.15, 0.2) is 11.2 Å². The van der Waals surface area contributed by atoms with E-state index in [1.807, 2.05) is 13.0 Å². The van der Waals surface area contributed by atoms with E-state index in [9.17, 15) is 14.7 Å². The van der Waals surface area contributed by atoms with Crippen LogP contribution in [0, 0.1) is 6.92 Å². The van der Waals surface area contributed by atoms with E-state index in [1.165, 1.54) is 9.13 Å². The van der Waals surface area contributed by atoms with Gasteiger partial charge in [-0.1, -0.05) is 12.1 Å². The zero-order chi connectivity index (χ0) is 17.9. The molecule has 0 saturated carbocycles. The van der Waals surface area contributed by atoms with Crippen molar-refractivity contribution >= 4 is 16.9 Å². The number of phenolic OH excluding ortho intramolecular Hbond substituents is 1. The number of hydrogen-bond acceptors (Lipinski definition) is 4. The molecule has 0 unspecified atom stereocenters. The third-order valence-corrected chi connectivity index (χ3v) is 4.46. The summed E-state index contributed by atoms with van der Waals surface area (Å²) >= 11 is 0. The van der Waals surface area contributed by atoms with Gasteiger partial charge in [0.05, 0.1) is 5.69 Å². The van der Waals surface area contributed by atoms with Crippen LogP contribution in [0.1, 0.15) is 12.6 Å². The maximum Gasteiger partial charge on any atom is 0.332 e. The van der Waals surface area contributed by atoms with Crippen molar-refractivity contribution in [1.82, 2.24) is 23.1 Å². The lowest BCUT2D eigenvalue weighted by molar-refractivity contribution is 0.472. The Kier molecular flexibility index (Phi) is 3.11. The SMILES string of the molecule is CCn1c(=O)c2c(nc3n(-c4ccccc4O)c(C)cn23)n(C)c1=O. The van der Waals surface area contributed by atoms with Gasteiger partial charge >= 0.3 is 5.69 Å². The molecule has 0 aliphatic carbocycles. The van der Waals surface area contributed by atoms with E-state index in [1.54, 1.807) is 47.3 Å². The molecule has 8 nitrogen and oxygen atoms in total. The quantitative estimate of drug-likeness (QED) is 0.594. The molecule has 1 aromatic carbocycles. The van der Waals surface area contributed by atoms with Crippen molar-refractivity contribution in [2.75, 3.05) is 0 Å². The Morgan fingerprint density at radius 2 is 1.92 bits per heavy atom. The molecule has 128 valence electrons. The highest BCUT2D eigenvalue weighted by Gasteiger charge is 2.20. The summed E-state index contributed by atoms with van der Waals surface area (Å²) in [7, 11) is 1.60. The van der Waals surface area contributed by atoms with E-state index in [2.05, 4.69) is 4.98 Å². The van der Waals surface area contributed by atoms with E-state index in [0.717, 1.165) is 5.69 Å². The van der Waals surface area contributed by atoms with Gasteiger partial charge in [0.25, 0.3) is 5.56 Å². The second kappa shape index (κ2) is 5.10. The number of fused-ring (bicyclic) bond motifs is 3. The van der Waals surface area contributed by atoms with Crippen LogP contribution in [-0.2, 0) is 13.6 Å². The van der Waals surface area contributed by atoms with Crippen molar-refractivity contribution < 1.29 is 5.11 Å². The first-order valence-corrected chi connectivity index (χ1v) is 7.94. The summed E-state index contributed by atoms with van der Waals surface area (Å²) in [6, 6.07) is 6.91. The fraction of sp³-hybridized carbons (Fsp3) is 0.235. The first-order valence-electron chi connectivity index (χ1n) is 7.94. The normalized spacial score (nSPS) is 11.6. The highest BCUT2D eigenvalue weighted by molar-refractivity contribution is 5.76. The number of aryl methyl sites for hydroxylation is 2. The van der Waals surface area contributed by atoms with Crippen LogP contribution in [-0.4, -0.2) is 28.2 Å². The molecular weight excluding hydrogens is 322 g/mol. The second-order valence-electron chi connectivity index (χ2n) is 5.94. The maximum atomic E-state index is 12.8. The van der Waals surface area contributed by atoms with Gasteiger partial charge in [-0.15, -0.1) is 0 Å². The summed E-state index contributed by atoms with van der Waals surface area (Å²) in [5.41, 5.74) is 1.26. The maximum absolute atomic E-state index is 12.8. The molecule has 8 heteroatoms. The van der Waals surface area contributed by atoms with Crippen molar-refractivity contribution in [2.24, 2.45) is 7.05 Å². The van der Waals surface area contributed by atoms with Gasteiger partial charge in [0.1, 0.15) is 5.75 Å². The summed E-state index contributed by atoms with van der Waals surface area (Å²) in [4.78, 5) is 29.6. The van der Waals surface area contributed by atoms with Crippen LogP contribution in [0.15, 0.2) is 40.1 Å². The lowest BCUT2D eigenvalue weighted by atomic mass is 10.3. The standard InChI is InChI=1S/C17H17N5O3/c1-4-20-15(24)13-14(19(3)17(20)25)18-16-21(13)9-10(2)22(16)11-7-5-6-8-12(11)23/h5-9,23H,4H2,1-3H3. The summed E-state index contributed by atoms with van der Waals surface area (Å²) in [6.45, 7) is 3.91. The van der Waals surface area contributed by atoms with Crippen molar-refractivity contribution in [3.8, 4) is 11.4 Å². The first-order chi connectivity index (χ1) is 12.0. The molecule has 1 N–H and O–H groups in total. The molecular formula is C17H17N5O3. The number of aromatic nitrogens is 5. The predicted molar refractivity (Wildman–Crippen MR) is 93.6 cm³/mol. The molecule has 0 aliphatic heterocycles. The lowest BCUT2D eigenvalue weighted by Gasteiger charge is -2.07. The largest absolute Gasteiger partial charge is 0.506 e. The van der Waals surface area contributed by atoms with Crippen LogP contribution >= 0.6 is 0 Å². The van der Waals surface area contributed by atoms with E-state index >= 15 is 0 Å².